The minimum absolute atomic E-state index is 0.0620. The minimum atomic E-state index is -0.667. The van der Waals surface area contributed by atoms with Gasteiger partial charge >= 0.3 is 0 Å². The van der Waals surface area contributed by atoms with Crippen molar-refractivity contribution in [2.75, 3.05) is 13.6 Å². The standard InChI is InChI=1S/C16H18F2N4O2S/c1-10-9-25-16(19-10)6-14(23)20-21-15(24)8-22(2)7-11-3-4-12(17)5-13(11)18/h3-5,9H,6-8H2,1-2H3,(H,20,23)(H,21,24). The maximum Gasteiger partial charge on any atom is 0.252 e. The van der Waals surface area contributed by atoms with Crippen molar-refractivity contribution >= 4 is 23.2 Å². The molecule has 9 heteroatoms. The van der Waals surface area contributed by atoms with Crippen LogP contribution in [0.15, 0.2) is 23.6 Å². The molecular weight excluding hydrogens is 350 g/mol. The first kappa shape index (κ1) is 18.9. The molecule has 0 aliphatic heterocycles. The number of carbonyl (C=O) groups excluding carboxylic acids is 2. The maximum absolute atomic E-state index is 13.6. The molecule has 0 unspecified atom stereocenters. The Kier molecular flexibility index (Phi) is 6.54. The summed E-state index contributed by atoms with van der Waals surface area (Å²) in [5, 5.41) is 2.50. The van der Waals surface area contributed by atoms with Gasteiger partial charge in [-0.2, -0.15) is 0 Å². The number of rotatable bonds is 6. The molecule has 0 radical (unpaired) electrons. The molecule has 2 N–H and O–H groups in total. The first-order valence-corrected chi connectivity index (χ1v) is 8.32. The summed E-state index contributed by atoms with van der Waals surface area (Å²) in [6, 6.07) is 3.29. The number of hydrogen-bond acceptors (Lipinski definition) is 5. The molecule has 0 saturated carbocycles. The van der Waals surface area contributed by atoms with Gasteiger partial charge in [0, 0.05) is 29.2 Å². The van der Waals surface area contributed by atoms with E-state index >= 15 is 0 Å². The smallest absolute Gasteiger partial charge is 0.252 e. The fraction of sp³-hybridized carbons (Fsp3) is 0.312. The van der Waals surface area contributed by atoms with Crippen LogP contribution in [0.5, 0.6) is 0 Å². The van der Waals surface area contributed by atoms with E-state index in [2.05, 4.69) is 15.8 Å². The third kappa shape index (κ3) is 6.20. The number of thiazole rings is 1. The minimum Gasteiger partial charge on any atom is -0.293 e. The first-order valence-electron chi connectivity index (χ1n) is 7.44. The number of aromatic nitrogens is 1. The summed E-state index contributed by atoms with van der Waals surface area (Å²) in [4.78, 5) is 29.2. The Balaban J connectivity index is 1.74. The zero-order valence-electron chi connectivity index (χ0n) is 13.8. The lowest BCUT2D eigenvalue weighted by Gasteiger charge is -2.17. The van der Waals surface area contributed by atoms with Crippen LogP contribution < -0.4 is 10.9 Å². The van der Waals surface area contributed by atoms with Gasteiger partial charge in [0.2, 0.25) is 5.91 Å². The van der Waals surface area contributed by atoms with Gasteiger partial charge in [-0.25, -0.2) is 13.8 Å². The molecule has 1 heterocycles. The van der Waals surface area contributed by atoms with E-state index in [-0.39, 0.29) is 31.0 Å². The zero-order chi connectivity index (χ0) is 18.4. The predicted octanol–water partition coefficient (Wildman–Crippen LogP) is 1.55. The van der Waals surface area contributed by atoms with Crippen LogP contribution in [-0.2, 0) is 22.6 Å². The van der Waals surface area contributed by atoms with E-state index < -0.39 is 17.5 Å². The zero-order valence-corrected chi connectivity index (χ0v) is 14.6. The third-order valence-electron chi connectivity index (χ3n) is 3.19. The van der Waals surface area contributed by atoms with Gasteiger partial charge in [-0.05, 0) is 20.0 Å². The number of amides is 2. The van der Waals surface area contributed by atoms with Gasteiger partial charge in [-0.15, -0.1) is 11.3 Å². The Labute approximate surface area is 147 Å². The molecule has 134 valence electrons. The summed E-state index contributed by atoms with van der Waals surface area (Å²) < 4.78 is 26.4. The first-order chi connectivity index (χ1) is 11.8. The van der Waals surface area contributed by atoms with Crippen molar-refractivity contribution in [1.82, 2.24) is 20.7 Å². The van der Waals surface area contributed by atoms with E-state index in [1.165, 1.54) is 17.4 Å². The molecule has 1 aromatic heterocycles. The third-order valence-corrected chi connectivity index (χ3v) is 4.16. The second kappa shape index (κ2) is 8.63. The number of hydrogen-bond donors (Lipinski definition) is 2. The lowest BCUT2D eigenvalue weighted by molar-refractivity contribution is -0.129. The van der Waals surface area contributed by atoms with E-state index in [0.717, 1.165) is 17.8 Å². The number of nitrogens with zero attached hydrogens (tertiary/aromatic N) is 2. The highest BCUT2D eigenvalue weighted by Crippen LogP contribution is 2.11. The molecule has 0 saturated heterocycles. The normalized spacial score (nSPS) is 10.8. The van der Waals surface area contributed by atoms with E-state index in [1.807, 2.05) is 12.3 Å². The molecule has 0 bridgehead atoms. The number of aryl methyl sites for hydroxylation is 1. The number of carbonyl (C=O) groups is 2. The number of halogens is 2. The van der Waals surface area contributed by atoms with Crippen molar-refractivity contribution in [3.05, 3.63) is 51.5 Å². The molecule has 0 aliphatic carbocycles. The highest BCUT2D eigenvalue weighted by atomic mass is 32.1. The Morgan fingerprint density at radius 3 is 2.60 bits per heavy atom. The van der Waals surface area contributed by atoms with Crippen LogP contribution in [0.2, 0.25) is 0 Å². The largest absolute Gasteiger partial charge is 0.293 e. The van der Waals surface area contributed by atoms with Crippen molar-refractivity contribution in [2.45, 2.75) is 19.9 Å². The number of nitrogens with one attached hydrogen (secondary N) is 2. The van der Waals surface area contributed by atoms with Gasteiger partial charge in [0.1, 0.15) is 16.6 Å². The number of hydrazine groups is 1. The molecule has 0 atom stereocenters. The number of benzene rings is 1. The van der Waals surface area contributed by atoms with Gasteiger partial charge < -0.3 is 0 Å². The van der Waals surface area contributed by atoms with E-state index in [0.29, 0.717) is 5.01 Å². The van der Waals surface area contributed by atoms with E-state index in [9.17, 15) is 18.4 Å². The average molecular weight is 368 g/mol. The van der Waals surface area contributed by atoms with Crippen LogP contribution in [0.4, 0.5) is 8.78 Å². The summed E-state index contributed by atoms with van der Waals surface area (Å²) in [6.07, 6.45) is 0.0788. The quantitative estimate of drug-likeness (QED) is 0.759. The van der Waals surface area contributed by atoms with Gasteiger partial charge in [-0.1, -0.05) is 6.07 Å². The highest BCUT2D eigenvalue weighted by molar-refractivity contribution is 7.09. The lowest BCUT2D eigenvalue weighted by atomic mass is 10.2. The molecule has 25 heavy (non-hydrogen) atoms. The topological polar surface area (TPSA) is 74.3 Å². The average Bonchev–Trinajstić information content (AvgIpc) is 2.93. The van der Waals surface area contributed by atoms with Crippen LogP contribution >= 0.6 is 11.3 Å². The van der Waals surface area contributed by atoms with Crippen LogP contribution in [0.25, 0.3) is 0 Å². The summed E-state index contributed by atoms with van der Waals surface area (Å²) in [5.41, 5.74) is 5.72. The monoisotopic (exact) mass is 368 g/mol. The van der Waals surface area contributed by atoms with Crippen molar-refractivity contribution < 1.29 is 18.4 Å². The molecular formula is C16H18F2N4O2S. The summed E-state index contributed by atoms with van der Waals surface area (Å²) in [6.45, 7) is 1.90. The molecule has 2 amide bonds. The second-order valence-corrected chi connectivity index (χ2v) is 6.51. The Bertz CT molecular complexity index is 766. The molecule has 0 spiro atoms. The predicted molar refractivity (Wildman–Crippen MR) is 89.5 cm³/mol. The fourth-order valence-electron chi connectivity index (χ4n) is 2.09. The fourth-order valence-corrected chi connectivity index (χ4v) is 2.86. The number of likely N-dealkylation sites (N-methyl/N-ethyl adjacent to an activating group) is 1. The molecule has 0 aliphatic rings. The van der Waals surface area contributed by atoms with Crippen LogP contribution in [0, 0.1) is 18.6 Å². The second-order valence-electron chi connectivity index (χ2n) is 5.56. The van der Waals surface area contributed by atoms with Crippen molar-refractivity contribution in [3.63, 3.8) is 0 Å². The summed E-state index contributed by atoms with van der Waals surface area (Å²) in [7, 11) is 1.61. The van der Waals surface area contributed by atoms with Crippen molar-refractivity contribution in [1.29, 1.82) is 0 Å². The lowest BCUT2D eigenvalue weighted by Crippen LogP contribution is -2.46. The summed E-state index contributed by atoms with van der Waals surface area (Å²) in [5.74, 6) is -2.15. The van der Waals surface area contributed by atoms with Gasteiger partial charge in [-0.3, -0.25) is 25.3 Å². The van der Waals surface area contributed by atoms with Crippen molar-refractivity contribution in [2.24, 2.45) is 0 Å². The maximum atomic E-state index is 13.6. The molecule has 0 fully saturated rings. The van der Waals surface area contributed by atoms with Crippen LogP contribution in [0.1, 0.15) is 16.3 Å². The Morgan fingerprint density at radius 2 is 1.96 bits per heavy atom. The SMILES string of the molecule is Cc1csc(CC(=O)NNC(=O)CN(C)Cc2ccc(F)cc2F)n1. The molecule has 2 aromatic rings. The van der Waals surface area contributed by atoms with E-state index in [4.69, 9.17) is 0 Å². The highest BCUT2D eigenvalue weighted by Gasteiger charge is 2.12. The van der Waals surface area contributed by atoms with Gasteiger partial charge in [0.25, 0.3) is 5.91 Å². The van der Waals surface area contributed by atoms with Gasteiger partial charge in [0.15, 0.2) is 0 Å². The van der Waals surface area contributed by atoms with Crippen LogP contribution in [-0.4, -0.2) is 35.3 Å². The molecule has 1 aromatic carbocycles. The van der Waals surface area contributed by atoms with Gasteiger partial charge in [0.05, 0.1) is 13.0 Å². The van der Waals surface area contributed by atoms with E-state index in [1.54, 1.807) is 11.9 Å². The Morgan fingerprint density at radius 1 is 1.24 bits per heavy atom. The molecule has 6 nitrogen and oxygen atoms in total. The summed E-state index contributed by atoms with van der Waals surface area (Å²) >= 11 is 1.37. The van der Waals surface area contributed by atoms with Crippen LogP contribution in [0.3, 0.4) is 0 Å². The molecule has 2 rings (SSSR count). The van der Waals surface area contributed by atoms with Crippen molar-refractivity contribution in [3.8, 4) is 0 Å². The Hall–Kier alpha value is -2.39.